The highest BCUT2D eigenvalue weighted by Gasteiger charge is 2.19. The van der Waals surface area contributed by atoms with Crippen LogP contribution in [0.25, 0.3) is 0 Å². The van der Waals surface area contributed by atoms with Crippen LogP contribution >= 0.6 is 0 Å². The summed E-state index contributed by atoms with van der Waals surface area (Å²) >= 11 is 0. The number of carbonyl (C=O) groups is 3. The lowest BCUT2D eigenvalue weighted by Gasteiger charge is -2.18. The van der Waals surface area contributed by atoms with E-state index in [1.54, 1.807) is 0 Å². The second-order valence-electron chi connectivity index (χ2n) is 18.8. The number of unbranched alkanes of at least 4 members (excludes halogenated alkanes) is 28. The fraction of sp³-hybridized carbons (Fsp3) is 0.754. The van der Waals surface area contributed by atoms with Gasteiger partial charge in [0.15, 0.2) is 6.10 Å². The van der Waals surface area contributed by atoms with Gasteiger partial charge in [0, 0.05) is 19.3 Å². The Labute approximate surface area is 414 Å². The molecule has 0 fully saturated rings. The van der Waals surface area contributed by atoms with Crippen LogP contribution in [0.4, 0.5) is 0 Å². The summed E-state index contributed by atoms with van der Waals surface area (Å²) in [6, 6.07) is 0. The van der Waals surface area contributed by atoms with E-state index in [2.05, 4.69) is 93.7 Å². The largest absolute Gasteiger partial charge is 0.462 e. The minimum absolute atomic E-state index is 0.0754. The van der Waals surface area contributed by atoms with Crippen LogP contribution in [0.5, 0.6) is 0 Å². The van der Waals surface area contributed by atoms with Gasteiger partial charge in [-0.25, -0.2) is 0 Å². The molecule has 0 heterocycles. The fourth-order valence-electron chi connectivity index (χ4n) is 7.98. The summed E-state index contributed by atoms with van der Waals surface area (Å²) in [7, 11) is 0. The predicted molar refractivity (Wildman–Crippen MR) is 288 cm³/mol. The van der Waals surface area contributed by atoms with E-state index < -0.39 is 6.10 Å². The maximum atomic E-state index is 12.8. The predicted octanol–water partition coefficient (Wildman–Crippen LogP) is 19.0. The lowest BCUT2D eigenvalue weighted by Crippen LogP contribution is -2.30. The Morgan fingerprint density at radius 3 is 0.910 bits per heavy atom. The third kappa shape index (κ3) is 53.7. The summed E-state index contributed by atoms with van der Waals surface area (Å²) in [4.78, 5) is 37.8. The molecule has 1 unspecified atom stereocenters. The summed E-state index contributed by atoms with van der Waals surface area (Å²) in [6.45, 7) is 6.48. The first-order chi connectivity index (χ1) is 33.0. The number of ether oxygens (including phenoxy) is 3. The van der Waals surface area contributed by atoms with E-state index >= 15 is 0 Å². The zero-order chi connectivity index (χ0) is 48.6. The van der Waals surface area contributed by atoms with Gasteiger partial charge in [-0.15, -0.1) is 0 Å². The summed E-state index contributed by atoms with van der Waals surface area (Å²) in [5.74, 6) is -0.885. The Bertz CT molecular complexity index is 1260. The quantitative estimate of drug-likeness (QED) is 0.0262. The lowest BCUT2D eigenvalue weighted by atomic mass is 10.0. The topological polar surface area (TPSA) is 78.9 Å². The van der Waals surface area contributed by atoms with E-state index in [0.29, 0.717) is 19.3 Å². The van der Waals surface area contributed by atoms with Crippen molar-refractivity contribution in [2.24, 2.45) is 0 Å². The molecular formula is C61H106O6. The van der Waals surface area contributed by atoms with Gasteiger partial charge in [0.25, 0.3) is 0 Å². The van der Waals surface area contributed by atoms with E-state index in [9.17, 15) is 14.4 Å². The van der Waals surface area contributed by atoms with Gasteiger partial charge in [-0.1, -0.05) is 261 Å². The highest BCUT2D eigenvalue weighted by molar-refractivity contribution is 5.71. The molecule has 0 rings (SSSR count). The average molecular weight is 936 g/mol. The lowest BCUT2D eigenvalue weighted by molar-refractivity contribution is -0.167. The highest BCUT2D eigenvalue weighted by atomic mass is 16.6. The maximum absolute atomic E-state index is 12.8. The second kappa shape index (κ2) is 55.4. The van der Waals surface area contributed by atoms with Crippen molar-refractivity contribution in [3.8, 4) is 0 Å². The molecule has 0 spiro atoms. The average Bonchev–Trinajstić information content (AvgIpc) is 3.33. The van der Waals surface area contributed by atoms with Crippen molar-refractivity contribution in [1.29, 1.82) is 0 Å². The number of allylic oxidation sites excluding steroid dienone is 12. The van der Waals surface area contributed by atoms with Crippen LogP contribution in [0.3, 0.4) is 0 Å². The van der Waals surface area contributed by atoms with Crippen molar-refractivity contribution in [2.45, 2.75) is 284 Å². The second-order valence-corrected chi connectivity index (χ2v) is 18.8. The van der Waals surface area contributed by atoms with E-state index in [0.717, 1.165) is 103 Å². The Morgan fingerprint density at radius 1 is 0.313 bits per heavy atom. The Morgan fingerprint density at radius 2 is 0.582 bits per heavy atom. The first-order valence-electron chi connectivity index (χ1n) is 28.4. The molecule has 0 aromatic rings. The number of hydrogen-bond acceptors (Lipinski definition) is 6. The monoisotopic (exact) mass is 935 g/mol. The first kappa shape index (κ1) is 63.8. The molecule has 1 atom stereocenters. The zero-order valence-electron chi connectivity index (χ0n) is 44.2. The van der Waals surface area contributed by atoms with E-state index in [-0.39, 0.29) is 31.1 Å². The summed E-state index contributed by atoms with van der Waals surface area (Å²) < 4.78 is 16.7. The standard InChI is InChI=1S/C61H106O6/c1-4-7-10-13-16-18-20-22-24-26-27-28-29-30-31-32-33-34-35-36-38-39-41-43-45-48-51-54-60(63)66-57-58(56-65-59(62)53-50-47-15-12-9-6-3)67-61(64)55-52-49-46-44-42-40-37-25-23-21-19-17-14-11-8-5-2/h7,10,16,18,22,24,27-28,30-31,33-34,58H,4-6,8-9,11-15,17,19-21,23,25-26,29,32,35-57H2,1-3H3/b10-7-,18-16-,24-22-,28-27-,31-30-,34-33-. The Kier molecular flexibility index (Phi) is 52.8. The smallest absolute Gasteiger partial charge is 0.306 e. The molecule has 0 aliphatic carbocycles. The van der Waals surface area contributed by atoms with Gasteiger partial charge in [-0.3, -0.25) is 14.4 Å². The van der Waals surface area contributed by atoms with Gasteiger partial charge in [0.1, 0.15) is 13.2 Å². The molecule has 0 radical (unpaired) electrons. The van der Waals surface area contributed by atoms with Gasteiger partial charge in [0.05, 0.1) is 0 Å². The molecule has 0 aliphatic heterocycles. The normalized spacial score (nSPS) is 12.6. The number of esters is 3. The minimum atomic E-state index is -0.773. The Hall–Kier alpha value is -3.15. The molecule has 6 nitrogen and oxygen atoms in total. The molecule has 0 aliphatic rings. The summed E-state index contributed by atoms with van der Waals surface area (Å²) in [6.07, 6.45) is 70.6. The van der Waals surface area contributed by atoms with Crippen molar-refractivity contribution in [1.82, 2.24) is 0 Å². The van der Waals surface area contributed by atoms with Gasteiger partial charge in [-0.2, -0.15) is 0 Å². The number of hydrogen-bond donors (Lipinski definition) is 0. The van der Waals surface area contributed by atoms with Crippen LogP contribution < -0.4 is 0 Å². The molecular weight excluding hydrogens is 829 g/mol. The highest BCUT2D eigenvalue weighted by Crippen LogP contribution is 2.16. The Balaban J connectivity index is 4.14. The van der Waals surface area contributed by atoms with Crippen LogP contribution in [0, 0.1) is 0 Å². The molecule has 386 valence electrons. The van der Waals surface area contributed by atoms with Crippen LogP contribution in [0.15, 0.2) is 72.9 Å². The third-order valence-electron chi connectivity index (χ3n) is 12.2. The van der Waals surface area contributed by atoms with Crippen LogP contribution in [-0.2, 0) is 28.6 Å². The van der Waals surface area contributed by atoms with Crippen LogP contribution in [-0.4, -0.2) is 37.2 Å². The summed E-state index contributed by atoms with van der Waals surface area (Å²) in [5.41, 5.74) is 0. The van der Waals surface area contributed by atoms with Crippen molar-refractivity contribution in [2.75, 3.05) is 13.2 Å². The molecule has 0 saturated heterocycles. The molecule has 0 aromatic carbocycles. The van der Waals surface area contributed by atoms with Crippen molar-refractivity contribution in [3.05, 3.63) is 72.9 Å². The van der Waals surface area contributed by atoms with Crippen LogP contribution in [0.1, 0.15) is 278 Å². The van der Waals surface area contributed by atoms with E-state index in [1.165, 1.54) is 135 Å². The molecule has 6 heteroatoms. The van der Waals surface area contributed by atoms with Crippen molar-refractivity contribution >= 4 is 17.9 Å². The maximum Gasteiger partial charge on any atom is 0.306 e. The molecule has 0 N–H and O–H groups in total. The van der Waals surface area contributed by atoms with E-state index in [4.69, 9.17) is 14.2 Å². The molecule has 0 aromatic heterocycles. The van der Waals surface area contributed by atoms with E-state index in [1.807, 2.05) is 0 Å². The van der Waals surface area contributed by atoms with Crippen LogP contribution in [0.2, 0.25) is 0 Å². The van der Waals surface area contributed by atoms with Crippen molar-refractivity contribution < 1.29 is 28.6 Å². The summed E-state index contributed by atoms with van der Waals surface area (Å²) in [5, 5.41) is 0. The molecule has 67 heavy (non-hydrogen) atoms. The van der Waals surface area contributed by atoms with Crippen molar-refractivity contribution in [3.63, 3.8) is 0 Å². The van der Waals surface area contributed by atoms with Gasteiger partial charge < -0.3 is 14.2 Å². The van der Waals surface area contributed by atoms with Gasteiger partial charge in [0.2, 0.25) is 0 Å². The number of rotatable bonds is 51. The van der Waals surface area contributed by atoms with Gasteiger partial charge >= 0.3 is 17.9 Å². The molecule has 0 amide bonds. The molecule has 0 saturated carbocycles. The van der Waals surface area contributed by atoms with Gasteiger partial charge in [-0.05, 0) is 70.6 Å². The number of carbonyl (C=O) groups excluding carboxylic acids is 3. The molecule has 0 bridgehead atoms. The zero-order valence-corrected chi connectivity index (χ0v) is 44.2. The first-order valence-corrected chi connectivity index (χ1v) is 28.4. The third-order valence-corrected chi connectivity index (χ3v) is 12.2. The fourth-order valence-corrected chi connectivity index (χ4v) is 7.98. The SMILES string of the molecule is CC/C=C\C/C=C\C/C=C\C/C=C\C/C=C\C/C=C\CCCCCCCCCCC(=O)OCC(COC(=O)CCCCCCCC)OC(=O)CCCCCCCCCCCCCCCCCC. The minimum Gasteiger partial charge on any atom is -0.462 e.